The molecule has 0 spiro atoms. The molecule has 0 bridgehead atoms. The van der Waals surface area contributed by atoms with Gasteiger partial charge in [0, 0.05) is 23.4 Å². The third-order valence-corrected chi connectivity index (χ3v) is 3.10. The molecule has 0 aromatic heterocycles. The Balaban J connectivity index is 1.96. The number of carbonyl (C=O) groups is 2. The average molecular weight is 282 g/mol. The highest BCUT2D eigenvalue weighted by molar-refractivity contribution is 6.00. The van der Waals surface area contributed by atoms with Crippen LogP contribution in [0.3, 0.4) is 0 Å². The van der Waals surface area contributed by atoms with Crippen molar-refractivity contribution in [3.8, 4) is 0 Å². The molecule has 0 radical (unpaired) electrons. The highest BCUT2D eigenvalue weighted by Gasteiger charge is 2.05. The van der Waals surface area contributed by atoms with Gasteiger partial charge in [0.25, 0.3) is 0 Å². The van der Waals surface area contributed by atoms with Crippen molar-refractivity contribution < 1.29 is 9.59 Å². The van der Waals surface area contributed by atoms with Gasteiger partial charge in [0.05, 0.1) is 0 Å². The third-order valence-electron chi connectivity index (χ3n) is 3.10. The van der Waals surface area contributed by atoms with E-state index in [-0.39, 0.29) is 11.8 Å². The van der Waals surface area contributed by atoms with E-state index < -0.39 is 0 Å². The summed E-state index contributed by atoms with van der Waals surface area (Å²) in [5, 5.41) is 5.48. The van der Waals surface area contributed by atoms with Crippen molar-refractivity contribution in [1.82, 2.24) is 0 Å². The molecule has 21 heavy (non-hydrogen) atoms. The Labute approximate surface area is 124 Å². The van der Waals surface area contributed by atoms with Crippen LogP contribution in [-0.2, 0) is 0 Å². The fourth-order valence-corrected chi connectivity index (χ4v) is 1.87. The smallest absolute Gasteiger partial charge is 0.308 e. The second-order valence-electron chi connectivity index (χ2n) is 4.80. The van der Waals surface area contributed by atoms with E-state index in [0.29, 0.717) is 17.7 Å². The van der Waals surface area contributed by atoms with Crippen LogP contribution in [0.1, 0.15) is 29.3 Å². The zero-order valence-corrected chi connectivity index (χ0v) is 12.1. The monoisotopic (exact) mass is 282 g/mol. The number of hydrogen-bond donors (Lipinski definition) is 2. The number of Topliss-reactive ketones (excluding diaryl/α,β-unsaturated/α-hetero) is 1. The Kier molecular flexibility index (Phi) is 4.72. The van der Waals surface area contributed by atoms with E-state index in [1.165, 1.54) is 0 Å². The first-order chi connectivity index (χ1) is 10.1. The van der Waals surface area contributed by atoms with E-state index in [1.807, 2.05) is 38.1 Å². The van der Waals surface area contributed by atoms with Crippen molar-refractivity contribution in [2.45, 2.75) is 20.3 Å². The standard InChI is InChI=1S/C17H18N2O2/c1-3-16(20)13-6-10-15(11-7-13)19-17(21)18-14-8-4-12(2)5-9-14/h4-11H,3H2,1-2H3,(H2,18,19,21). The lowest BCUT2D eigenvalue weighted by atomic mass is 10.1. The number of urea groups is 1. The summed E-state index contributed by atoms with van der Waals surface area (Å²) in [5.41, 5.74) is 3.17. The van der Waals surface area contributed by atoms with Gasteiger partial charge in [-0.1, -0.05) is 24.6 Å². The molecule has 0 aliphatic rings. The molecule has 2 rings (SSSR count). The highest BCUT2D eigenvalue weighted by Crippen LogP contribution is 2.13. The molecule has 2 N–H and O–H groups in total. The number of benzene rings is 2. The molecular formula is C17H18N2O2. The van der Waals surface area contributed by atoms with E-state index in [0.717, 1.165) is 11.3 Å². The Morgan fingerprint density at radius 2 is 1.33 bits per heavy atom. The van der Waals surface area contributed by atoms with E-state index in [1.54, 1.807) is 24.3 Å². The van der Waals surface area contributed by atoms with Gasteiger partial charge in [-0.2, -0.15) is 0 Å². The number of anilines is 2. The highest BCUT2D eigenvalue weighted by atomic mass is 16.2. The zero-order valence-electron chi connectivity index (χ0n) is 12.1. The Morgan fingerprint density at radius 1 is 0.857 bits per heavy atom. The minimum atomic E-state index is -0.312. The molecule has 2 amide bonds. The van der Waals surface area contributed by atoms with Crippen molar-refractivity contribution >= 4 is 23.2 Å². The van der Waals surface area contributed by atoms with Gasteiger partial charge in [-0.15, -0.1) is 0 Å². The van der Waals surface area contributed by atoms with Gasteiger partial charge < -0.3 is 10.6 Å². The van der Waals surface area contributed by atoms with E-state index in [2.05, 4.69) is 10.6 Å². The van der Waals surface area contributed by atoms with Crippen LogP contribution in [0.15, 0.2) is 48.5 Å². The van der Waals surface area contributed by atoms with Gasteiger partial charge in [0.15, 0.2) is 5.78 Å². The lowest BCUT2D eigenvalue weighted by Gasteiger charge is -2.08. The SMILES string of the molecule is CCC(=O)c1ccc(NC(=O)Nc2ccc(C)cc2)cc1. The summed E-state index contributed by atoms with van der Waals surface area (Å²) in [7, 11) is 0. The van der Waals surface area contributed by atoms with Crippen molar-refractivity contribution in [1.29, 1.82) is 0 Å². The van der Waals surface area contributed by atoms with Gasteiger partial charge in [-0.3, -0.25) is 4.79 Å². The van der Waals surface area contributed by atoms with Crippen LogP contribution >= 0.6 is 0 Å². The van der Waals surface area contributed by atoms with Crippen LogP contribution in [0.25, 0.3) is 0 Å². The Morgan fingerprint density at radius 3 is 1.81 bits per heavy atom. The average Bonchev–Trinajstić information content (AvgIpc) is 2.49. The lowest BCUT2D eigenvalue weighted by Crippen LogP contribution is -2.19. The second-order valence-corrected chi connectivity index (χ2v) is 4.80. The van der Waals surface area contributed by atoms with E-state index >= 15 is 0 Å². The van der Waals surface area contributed by atoms with Crippen LogP contribution < -0.4 is 10.6 Å². The van der Waals surface area contributed by atoms with Gasteiger partial charge in [-0.25, -0.2) is 4.79 Å². The summed E-state index contributed by atoms with van der Waals surface area (Å²) in [6.07, 6.45) is 0.473. The number of hydrogen-bond acceptors (Lipinski definition) is 2. The van der Waals surface area contributed by atoms with Crippen molar-refractivity contribution in [2.24, 2.45) is 0 Å². The summed E-state index contributed by atoms with van der Waals surface area (Å²) in [6, 6.07) is 14.1. The lowest BCUT2D eigenvalue weighted by molar-refractivity contribution is 0.0988. The number of amides is 2. The number of carbonyl (C=O) groups excluding carboxylic acids is 2. The number of rotatable bonds is 4. The molecule has 2 aromatic carbocycles. The molecule has 0 saturated heterocycles. The maximum Gasteiger partial charge on any atom is 0.323 e. The molecule has 0 saturated carbocycles. The number of ketones is 1. The predicted octanol–water partition coefficient (Wildman–Crippen LogP) is 4.23. The summed E-state index contributed by atoms with van der Waals surface area (Å²) in [6.45, 7) is 3.81. The molecule has 108 valence electrons. The largest absolute Gasteiger partial charge is 0.323 e. The Hall–Kier alpha value is -2.62. The van der Waals surface area contributed by atoms with Gasteiger partial charge in [0.2, 0.25) is 0 Å². The van der Waals surface area contributed by atoms with Crippen molar-refractivity contribution in [2.75, 3.05) is 10.6 Å². The number of aryl methyl sites for hydroxylation is 1. The van der Waals surface area contributed by atoms with Gasteiger partial charge in [0.1, 0.15) is 0 Å². The number of nitrogens with one attached hydrogen (secondary N) is 2. The molecule has 4 nitrogen and oxygen atoms in total. The minimum Gasteiger partial charge on any atom is -0.308 e. The van der Waals surface area contributed by atoms with Crippen LogP contribution in [0.5, 0.6) is 0 Å². The summed E-state index contributed by atoms with van der Waals surface area (Å²) >= 11 is 0. The predicted molar refractivity (Wildman–Crippen MR) is 84.9 cm³/mol. The van der Waals surface area contributed by atoms with Crippen LogP contribution in [0, 0.1) is 6.92 Å². The first-order valence-electron chi connectivity index (χ1n) is 6.86. The van der Waals surface area contributed by atoms with E-state index in [4.69, 9.17) is 0 Å². The quantitative estimate of drug-likeness (QED) is 0.824. The maximum absolute atomic E-state index is 11.9. The van der Waals surface area contributed by atoms with Crippen LogP contribution in [0.4, 0.5) is 16.2 Å². The molecule has 0 atom stereocenters. The first kappa shape index (κ1) is 14.8. The molecule has 4 heteroatoms. The minimum absolute atomic E-state index is 0.0886. The first-order valence-corrected chi connectivity index (χ1v) is 6.86. The molecule has 0 fully saturated rings. The summed E-state index contributed by atoms with van der Waals surface area (Å²) in [4.78, 5) is 23.4. The third kappa shape index (κ3) is 4.18. The second kappa shape index (κ2) is 6.70. The topological polar surface area (TPSA) is 58.2 Å². The summed E-state index contributed by atoms with van der Waals surface area (Å²) in [5.74, 6) is 0.0886. The fraction of sp³-hybridized carbons (Fsp3) is 0.176. The zero-order chi connectivity index (χ0) is 15.2. The molecule has 0 aliphatic heterocycles. The molecule has 2 aromatic rings. The summed E-state index contributed by atoms with van der Waals surface area (Å²) < 4.78 is 0. The molecule has 0 aliphatic carbocycles. The van der Waals surface area contributed by atoms with Crippen LogP contribution in [0.2, 0.25) is 0 Å². The molecular weight excluding hydrogens is 264 g/mol. The van der Waals surface area contributed by atoms with E-state index in [9.17, 15) is 9.59 Å². The van der Waals surface area contributed by atoms with Gasteiger partial charge >= 0.3 is 6.03 Å². The Bertz CT molecular complexity index is 631. The van der Waals surface area contributed by atoms with Crippen molar-refractivity contribution in [3.05, 3.63) is 59.7 Å². The van der Waals surface area contributed by atoms with Crippen LogP contribution in [-0.4, -0.2) is 11.8 Å². The molecule has 0 heterocycles. The fourth-order valence-electron chi connectivity index (χ4n) is 1.87. The van der Waals surface area contributed by atoms with Crippen molar-refractivity contribution in [3.63, 3.8) is 0 Å². The van der Waals surface area contributed by atoms with Gasteiger partial charge in [-0.05, 0) is 43.3 Å². The maximum atomic E-state index is 11.9. The normalized spacial score (nSPS) is 10.0. The molecule has 0 unspecified atom stereocenters.